The third kappa shape index (κ3) is 2.84. The quantitative estimate of drug-likeness (QED) is 0.678. The highest BCUT2D eigenvalue weighted by Crippen LogP contribution is 2.45. The number of nitrogens with zero attached hydrogens (tertiary/aromatic N) is 5. The molecule has 3 aromatic rings. The molecule has 3 unspecified atom stereocenters. The van der Waals surface area contributed by atoms with E-state index in [0.717, 1.165) is 17.8 Å². The van der Waals surface area contributed by atoms with Gasteiger partial charge >= 0.3 is 0 Å². The van der Waals surface area contributed by atoms with Crippen molar-refractivity contribution in [1.29, 1.82) is 0 Å². The largest absolute Gasteiger partial charge is 0.368 e. The van der Waals surface area contributed by atoms with Crippen LogP contribution in [0.5, 0.6) is 0 Å². The van der Waals surface area contributed by atoms with Crippen molar-refractivity contribution in [3.63, 3.8) is 0 Å². The van der Waals surface area contributed by atoms with E-state index >= 15 is 0 Å². The van der Waals surface area contributed by atoms with E-state index in [0.29, 0.717) is 37.7 Å². The topological polar surface area (TPSA) is 112 Å². The van der Waals surface area contributed by atoms with Gasteiger partial charge in [0.05, 0.1) is 25.4 Å². The van der Waals surface area contributed by atoms with Crippen LogP contribution < -0.4 is 5.32 Å². The Bertz CT molecular complexity index is 975. The molecule has 5 rings (SSSR count). The molecule has 0 aromatic carbocycles. The number of nitrogens with one attached hydrogen (secondary N) is 2. The fraction of sp³-hybridized carbons (Fsp3) is 0.556. The molecule has 10 nitrogen and oxygen atoms in total. The summed E-state index contributed by atoms with van der Waals surface area (Å²) in [6.07, 6.45) is 8.28. The first-order valence-corrected chi connectivity index (χ1v) is 9.37. The number of hydrogen-bond acceptors (Lipinski definition) is 8. The van der Waals surface area contributed by atoms with Crippen molar-refractivity contribution >= 4 is 17.0 Å². The number of ether oxygens (including phenoxy) is 3. The zero-order valence-electron chi connectivity index (χ0n) is 15.9. The van der Waals surface area contributed by atoms with Crippen molar-refractivity contribution < 1.29 is 14.2 Å². The Kier molecular flexibility index (Phi) is 4.07. The van der Waals surface area contributed by atoms with Crippen LogP contribution in [0.3, 0.4) is 0 Å². The molecule has 2 N–H and O–H groups in total. The van der Waals surface area contributed by atoms with Crippen molar-refractivity contribution in [2.24, 2.45) is 0 Å². The number of anilines is 1. The summed E-state index contributed by atoms with van der Waals surface area (Å²) in [5.41, 5.74) is 1.40. The van der Waals surface area contributed by atoms with Crippen LogP contribution in [0.25, 0.3) is 11.2 Å². The van der Waals surface area contributed by atoms with Crippen molar-refractivity contribution in [2.75, 3.05) is 25.3 Å². The molecular formula is C18H23N7O3. The predicted octanol–water partition coefficient (Wildman–Crippen LogP) is 1.43. The lowest BCUT2D eigenvalue weighted by Crippen LogP contribution is -2.47. The van der Waals surface area contributed by atoms with Crippen LogP contribution >= 0.6 is 0 Å². The van der Waals surface area contributed by atoms with E-state index in [-0.39, 0.29) is 6.10 Å². The monoisotopic (exact) mass is 385 g/mol. The van der Waals surface area contributed by atoms with Gasteiger partial charge in [-0.15, -0.1) is 0 Å². The molecule has 2 aliphatic rings. The number of rotatable bonds is 5. The average molecular weight is 385 g/mol. The summed E-state index contributed by atoms with van der Waals surface area (Å²) in [5, 5.41) is 3.34. The van der Waals surface area contributed by atoms with Crippen molar-refractivity contribution in [3.8, 4) is 0 Å². The van der Waals surface area contributed by atoms with E-state index in [1.54, 1.807) is 19.0 Å². The molecule has 5 heterocycles. The molecule has 0 saturated carbocycles. The van der Waals surface area contributed by atoms with Crippen LogP contribution in [-0.2, 0) is 26.4 Å². The van der Waals surface area contributed by atoms with Crippen LogP contribution in [0.2, 0.25) is 0 Å². The number of imidazole rings is 2. The molecule has 3 atom stereocenters. The molecule has 148 valence electrons. The van der Waals surface area contributed by atoms with E-state index in [4.69, 9.17) is 14.2 Å². The van der Waals surface area contributed by atoms with Crippen molar-refractivity contribution in [2.45, 2.75) is 44.1 Å². The maximum absolute atomic E-state index is 6.44. The first-order chi connectivity index (χ1) is 13.6. The van der Waals surface area contributed by atoms with Crippen LogP contribution in [0, 0.1) is 0 Å². The van der Waals surface area contributed by atoms with Crippen LogP contribution in [0.1, 0.15) is 26.0 Å². The minimum Gasteiger partial charge on any atom is -0.368 e. The number of aromatic nitrogens is 6. The van der Waals surface area contributed by atoms with Crippen LogP contribution in [-0.4, -0.2) is 61.1 Å². The summed E-state index contributed by atoms with van der Waals surface area (Å²) in [6, 6.07) is 0. The summed E-state index contributed by atoms with van der Waals surface area (Å²) in [6.45, 7) is 5.58. The highest BCUT2D eigenvalue weighted by Gasteiger charge is 2.55. The fourth-order valence-electron chi connectivity index (χ4n) is 4.10. The molecule has 0 spiro atoms. The maximum Gasteiger partial charge on any atom is 0.167 e. The molecule has 2 saturated heterocycles. The van der Waals surface area contributed by atoms with Gasteiger partial charge in [0.15, 0.2) is 17.0 Å². The zero-order chi connectivity index (χ0) is 19.2. The Morgan fingerprint density at radius 3 is 3.07 bits per heavy atom. The van der Waals surface area contributed by atoms with Gasteiger partial charge in [0.1, 0.15) is 24.4 Å². The first kappa shape index (κ1) is 17.5. The van der Waals surface area contributed by atoms with Gasteiger partial charge in [-0.05, 0) is 13.8 Å². The minimum atomic E-state index is -0.622. The highest BCUT2D eigenvalue weighted by atomic mass is 16.7. The average Bonchev–Trinajstić information content (AvgIpc) is 3.38. The molecule has 0 radical (unpaired) electrons. The van der Waals surface area contributed by atoms with E-state index < -0.39 is 11.3 Å². The van der Waals surface area contributed by atoms with E-state index in [9.17, 15) is 0 Å². The van der Waals surface area contributed by atoms with Gasteiger partial charge in [-0.1, -0.05) is 0 Å². The smallest absolute Gasteiger partial charge is 0.167 e. The zero-order valence-corrected chi connectivity index (χ0v) is 15.9. The Morgan fingerprint density at radius 2 is 2.25 bits per heavy atom. The van der Waals surface area contributed by atoms with Crippen LogP contribution in [0.4, 0.5) is 5.82 Å². The maximum atomic E-state index is 6.44. The van der Waals surface area contributed by atoms with Gasteiger partial charge in [-0.3, -0.25) is 4.57 Å². The molecular weight excluding hydrogens is 362 g/mol. The normalized spacial score (nSPS) is 29.9. The van der Waals surface area contributed by atoms with Gasteiger partial charge < -0.3 is 24.5 Å². The van der Waals surface area contributed by atoms with E-state index in [2.05, 4.69) is 30.2 Å². The van der Waals surface area contributed by atoms with Crippen LogP contribution in [0.15, 0.2) is 25.2 Å². The molecule has 2 fully saturated rings. The second-order valence-electron chi connectivity index (χ2n) is 7.68. The van der Waals surface area contributed by atoms with Gasteiger partial charge in [-0.2, -0.15) is 0 Å². The Balaban J connectivity index is 1.40. The number of H-pyrrole nitrogens is 1. The minimum absolute atomic E-state index is 0.0301. The molecule has 0 aliphatic carbocycles. The van der Waals surface area contributed by atoms with E-state index in [1.165, 1.54) is 0 Å². The number of hydrogen-bond donors (Lipinski definition) is 2. The Labute approximate surface area is 161 Å². The fourth-order valence-corrected chi connectivity index (χ4v) is 4.10. The summed E-state index contributed by atoms with van der Waals surface area (Å²) >= 11 is 0. The summed E-state index contributed by atoms with van der Waals surface area (Å²) < 4.78 is 19.7. The van der Waals surface area contributed by atoms with Gasteiger partial charge in [0.2, 0.25) is 0 Å². The Hall–Kier alpha value is -2.56. The molecule has 0 bridgehead atoms. The standard InChI is InChI=1S/C18H23N7O3/c1-17-7-26-11-27-13(17)5-18(2,28-17)25-10-24-14-15(22-9-23-16(14)25)20-4-3-12-6-19-8-21-12/h6,8-10,13H,3-5,7,11H2,1-2H3,(H,19,21)(H,20,22,23). The highest BCUT2D eigenvalue weighted by molar-refractivity contribution is 5.82. The number of fused-ring (bicyclic) bond motifs is 2. The molecule has 3 aromatic heterocycles. The number of aromatic amines is 1. The third-order valence-electron chi connectivity index (χ3n) is 5.52. The van der Waals surface area contributed by atoms with E-state index in [1.807, 2.05) is 24.6 Å². The first-order valence-electron chi connectivity index (χ1n) is 9.37. The van der Waals surface area contributed by atoms with Gasteiger partial charge in [0, 0.05) is 31.3 Å². The van der Waals surface area contributed by atoms with Crippen molar-refractivity contribution in [3.05, 3.63) is 30.9 Å². The summed E-state index contributed by atoms with van der Waals surface area (Å²) in [5.74, 6) is 0.702. The lowest BCUT2D eigenvalue weighted by atomic mass is 9.97. The lowest BCUT2D eigenvalue weighted by molar-refractivity contribution is -0.238. The SMILES string of the molecule is CC12COCOC1CC(C)(n1cnc3c(NCCc4cnc[nH]4)ncnc31)O2. The second-order valence-corrected chi connectivity index (χ2v) is 7.68. The third-order valence-corrected chi connectivity index (χ3v) is 5.52. The van der Waals surface area contributed by atoms with Crippen molar-refractivity contribution in [1.82, 2.24) is 29.5 Å². The molecule has 2 aliphatic heterocycles. The van der Waals surface area contributed by atoms with Gasteiger partial charge in [0.25, 0.3) is 0 Å². The Morgan fingerprint density at radius 1 is 1.32 bits per heavy atom. The summed E-state index contributed by atoms with van der Waals surface area (Å²) in [7, 11) is 0. The summed E-state index contributed by atoms with van der Waals surface area (Å²) in [4.78, 5) is 20.5. The van der Waals surface area contributed by atoms with Gasteiger partial charge in [-0.25, -0.2) is 19.9 Å². The predicted molar refractivity (Wildman–Crippen MR) is 99.6 cm³/mol. The molecule has 10 heteroatoms. The second kappa shape index (κ2) is 6.50. The lowest BCUT2D eigenvalue weighted by Gasteiger charge is -2.35. The molecule has 0 amide bonds. The molecule has 28 heavy (non-hydrogen) atoms.